The number of nitrogens with two attached hydrogens (primary N) is 1. The second-order valence-electron chi connectivity index (χ2n) is 5.45. The van der Waals surface area contributed by atoms with Crippen molar-refractivity contribution in [3.63, 3.8) is 0 Å². The molecule has 1 aliphatic rings. The molecule has 20 heavy (non-hydrogen) atoms. The van der Waals surface area contributed by atoms with Gasteiger partial charge in [0.15, 0.2) is 0 Å². The van der Waals surface area contributed by atoms with E-state index in [9.17, 15) is 4.79 Å². The van der Waals surface area contributed by atoms with Gasteiger partial charge in [-0.1, -0.05) is 6.42 Å². The molecule has 106 valence electrons. The number of fused-ring (bicyclic) bond motifs is 1. The lowest BCUT2D eigenvalue weighted by Gasteiger charge is -2.40. The molecule has 1 amide bonds. The van der Waals surface area contributed by atoms with Crippen molar-refractivity contribution >= 4 is 34.3 Å². The maximum absolute atomic E-state index is 12.2. The number of carbonyl (C=O) groups excluding carboxylic acids is 1. The van der Waals surface area contributed by atoms with Crippen LogP contribution in [0.4, 0.5) is 5.69 Å². The lowest BCUT2D eigenvalue weighted by molar-refractivity contribution is 0.0940. The SMILES string of the molecule is CSC1(CNC(=O)c2cc3cc(N)ccc3[nH]2)CCC1. The number of H-pyrrole nitrogens is 1. The number of nitrogens with one attached hydrogen (secondary N) is 2. The van der Waals surface area contributed by atoms with Crippen LogP contribution in [-0.2, 0) is 0 Å². The highest BCUT2D eigenvalue weighted by Crippen LogP contribution is 2.42. The average Bonchev–Trinajstić information content (AvgIpc) is 2.80. The summed E-state index contributed by atoms with van der Waals surface area (Å²) in [4.78, 5) is 15.4. The van der Waals surface area contributed by atoms with Crippen LogP contribution in [0.3, 0.4) is 0 Å². The number of hydrogen-bond donors (Lipinski definition) is 3. The van der Waals surface area contributed by atoms with Crippen LogP contribution in [0.5, 0.6) is 0 Å². The Balaban J connectivity index is 1.72. The van der Waals surface area contributed by atoms with Crippen LogP contribution in [0.2, 0.25) is 0 Å². The van der Waals surface area contributed by atoms with Gasteiger partial charge in [-0.25, -0.2) is 0 Å². The Hall–Kier alpha value is -1.62. The van der Waals surface area contributed by atoms with Crippen LogP contribution in [0.1, 0.15) is 29.8 Å². The fourth-order valence-corrected chi connectivity index (χ4v) is 3.55. The number of rotatable bonds is 4. The van der Waals surface area contributed by atoms with E-state index in [2.05, 4.69) is 16.6 Å². The minimum atomic E-state index is -0.0416. The monoisotopic (exact) mass is 289 g/mol. The maximum Gasteiger partial charge on any atom is 0.267 e. The predicted octanol–water partition coefficient (Wildman–Crippen LogP) is 2.77. The molecule has 0 aliphatic heterocycles. The van der Waals surface area contributed by atoms with Crippen molar-refractivity contribution in [2.45, 2.75) is 24.0 Å². The highest BCUT2D eigenvalue weighted by atomic mass is 32.2. The number of aromatic nitrogens is 1. The molecule has 0 atom stereocenters. The Morgan fingerprint density at radius 2 is 2.25 bits per heavy atom. The molecule has 4 N–H and O–H groups in total. The molecule has 1 aromatic carbocycles. The molecular weight excluding hydrogens is 270 g/mol. The summed E-state index contributed by atoms with van der Waals surface area (Å²) < 4.78 is 0.256. The predicted molar refractivity (Wildman–Crippen MR) is 85.1 cm³/mol. The Kier molecular flexibility index (Phi) is 3.38. The summed E-state index contributed by atoms with van der Waals surface area (Å²) in [6.07, 6.45) is 5.77. The molecule has 1 aromatic heterocycles. The summed E-state index contributed by atoms with van der Waals surface area (Å²) in [6, 6.07) is 7.46. The number of amides is 1. The largest absolute Gasteiger partial charge is 0.399 e. The van der Waals surface area contributed by atoms with Crippen LogP contribution in [0, 0.1) is 0 Å². The van der Waals surface area contributed by atoms with E-state index in [0.29, 0.717) is 11.4 Å². The van der Waals surface area contributed by atoms with Gasteiger partial charge in [-0.05, 0) is 43.4 Å². The van der Waals surface area contributed by atoms with Crippen molar-refractivity contribution in [2.75, 3.05) is 18.5 Å². The first-order chi connectivity index (χ1) is 9.62. The van der Waals surface area contributed by atoms with E-state index in [1.807, 2.05) is 36.0 Å². The summed E-state index contributed by atoms with van der Waals surface area (Å²) in [5.74, 6) is -0.0416. The van der Waals surface area contributed by atoms with Gasteiger partial charge in [0, 0.05) is 27.9 Å². The zero-order valence-corrected chi connectivity index (χ0v) is 12.3. The third kappa shape index (κ3) is 2.38. The molecule has 1 heterocycles. The van der Waals surface area contributed by atoms with Gasteiger partial charge in [-0.15, -0.1) is 0 Å². The van der Waals surface area contributed by atoms with Gasteiger partial charge in [0.2, 0.25) is 0 Å². The fourth-order valence-electron chi connectivity index (χ4n) is 2.63. The standard InChI is InChI=1S/C15H19N3OS/c1-20-15(5-2-6-15)9-17-14(19)13-8-10-7-11(16)3-4-12(10)18-13/h3-4,7-8,18H,2,5-6,9,16H2,1H3,(H,17,19). The number of carbonyl (C=O) groups is 1. The van der Waals surface area contributed by atoms with Gasteiger partial charge < -0.3 is 16.0 Å². The molecular formula is C15H19N3OS. The zero-order chi connectivity index (χ0) is 14.2. The van der Waals surface area contributed by atoms with E-state index < -0.39 is 0 Å². The minimum Gasteiger partial charge on any atom is -0.399 e. The summed E-state index contributed by atoms with van der Waals surface area (Å²) in [5.41, 5.74) is 7.99. The molecule has 1 saturated carbocycles. The lowest BCUT2D eigenvalue weighted by Crippen LogP contribution is -2.45. The first kappa shape index (κ1) is 13.4. The van der Waals surface area contributed by atoms with E-state index in [4.69, 9.17) is 5.73 Å². The number of thioether (sulfide) groups is 1. The van der Waals surface area contributed by atoms with E-state index >= 15 is 0 Å². The van der Waals surface area contributed by atoms with Gasteiger partial charge in [0.05, 0.1) is 0 Å². The Morgan fingerprint density at radius 1 is 1.45 bits per heavy atom. The van der Waals surface area contributed by atoms with Crippen molar-refractivity contribution in [3.8, 4) is 0 Å². The van der Waals surface area contributed by atoms with Gasteiger partial charge >= 0.3 is 0 Å². The second kappa shape index (κ2) is 5.05. The molecule has 0 saturated heterocycles. The number of nitrogen functional groups attached to an aromatic ring is 1. The van der Waals surface area contributed by atoms with E-state index in [1.165, 1.54) is 19.3 Å². The number of hydrogen-bond acceptors (Lipinski definition) is 3. The van der Waals surface area contributed by atoms with Crippen LogP contribution >= 0.6 is 11.8 Å². The minimum absolute atomic E-state index is 0.0416. The highest BCUT2D eigenvalue weighted by molar-refractivity contribution is 8.00. The second-order valence-corrected chi connectivity index (χ2v) is 6.73. The molecule has 1 fully saturated rings. The molecule has 0 unspecified atom stereocenters. The van der Waals surface area contributed by atoms with Crippen LogP contribution in [0.25, 0.3) is 10.9 Å². The van der Waals surface area contributed by atoms with Gasteiger partial charge in [0.25, 0.3) is 5.91 Å². The molecule has 5 heteroatoms. The van der Waals surface area contributed by atoms with Crippen molar-refractivity contribution in [1.82, 2.24) is 10.3 Å². The topological polar surface area (TPSA) is 70.9 Å². The third-order valence-electron chi connectivity index (χ3n) is 4.16. The van der Waals surface area contributed by atoms with E-state index in [0.717, 1.165) is 17.4 Å². The smallest absolute Gasteiger partial charge is 0.267 e. The fraction of sp³-hybridized carbons (Fsp3) is 0.400. The summed E-state index contributed by atoms with van der Waals surface area (Å²) in [7, 11) is 0. The first-order valence-electron chi connectivity index (χ1n) is 6.83. The van der Waals surface area contributed by atoms with Gasteiger partial charge in [-0.3, -0.25) is 4.79 Å². The summed E-state index contributed by atoms with van der Waals surface area (Å²) in [5, 5.41) is 4.02. The first-order valence-corrected chi connectivity index (χ1v) is 8.06. The Labute approximate surface area is 122 Å². The van der Waals surface area contributed by atoms with Gasteiger partial charge in [-0.2, -0.15) is 11.8 Å². The summed E-state index contributed by atoms with van der Waals surface area (Å²) >= 11 is 1.86. The molecule has 1 aliphatic carbocycles. The van der Waals surface area contributed by atoms with E-state index in [1.54, 1.807) is 0 Å². The third-order valence-corrected chi connectivity index (χ3v) is 5.58. The van der Waals surface area contributed by atoms with Crippen molar-refractivity contribution in [3.05, 3.63) is 30.0 Å². The normalized spacial score (nSPS) is 16.9. The molecule has 3 rings (SSSR count). The zero-order valence-electron chi connectivity index (χ0n) is 11.5. The van der Waals surface area contributed by atoms with Crippen molar-refractivity contribution in [1.29, 1.82) is 0 Å². The van der Waals surface area contributed by atoms with Crippen molar-refractivity contribution < 1.29 is 4.79 Å². The van der Waals surface area contributed by atoms with Crippen LogP contribution < -0.4 is 11.1 Å². The van der Waals surface area contributed by atoms with Crippen molar-refractivity contribution in [2.24, 2.45) is 0 Å². The Morgan fingerprint density at radius 3 is 2.90 bits per heavy atom. The number of anilines is 1. The summed E-state index contributed by atoms with van der Waals surface area (Å²) in [6.45, 7) is 0.741. The molecule has 2 aromatic rings. The van der Waals surface area contributed by atoms with E-state index in [-0.39, 0.29) is 10.7 Å². The Bertz CT molecular complexity index is 640. The molecule has 0 radical (unpaired) electrons. The van der Waals surface area contributed by atoms with Gasteiger partial charge in [0.1, 0.15) is 5.69 Å². The average molecular weight is 289 g/mol. The highest BCUT2D eigenvalue weighted by Gasteiger charge is 2.36. The molecule has 0 bridgehead atoms. The van der Waals surface area contributed by atoms with Crippen LogP contribution in [-0.4, -0.2) is 28.4 Å². The number of aromatic amines is 1. The molecule has 0 spiro atoms. The molecule has 4 nitrogen and oxygen atoms in total. The maximum atomic E-state index is 12.2. The van der Waals surface area contributed by atoms with Crippen LogP contribution in [0.15, 0.2) is 24.3 Å². The lowest BCUT2D eigenvalue weighted by atomic mass is 9.84. The number of benzene rings is 1. The quantitative estimate of drug-likeness (QED) is 0.758.